The van der Waals surface area contributed by atoms with Crippen molar-refractivity contribution < 1.29 is 9.59 Å². The molecule has 7 nitrogen and oxygen atoms in total. The van der Waals surface area contributed by atoms with Gasteiger partial charge < -0.3 is 21.7 Å². The highest BCUT2D eigenvalue weighted by Crippen LogP contribution is 2.23. The highest BCUT2D eigenvalue weighted by Gasteiger charge is 2.23. The molecule has 0 radical (unpaired) electrons. The molecule has 1 unspecified atom stereocenters. The lowest BCUT2D eigenvalue weighted by molar-refractivity contribution is -0.122. The van der Waals surface area contributed by atoms with Gasteiger partial charge in [0, 0.05) is 19.0 Å². The molecule has 1 aliphatic heterocycles. The summed E-state index contributed by atoms with van der Waals surface area (Å²) in [5.41, 5.74) is 11.8. The fraction of sp³-hybridized carbons (Fsp3) is 0.500. The third kappa shape index (κ3) is 3.91. The first-order valence-corrected chi connectivity index (χ1v) is 7.04. The number of amides is 2. The summed E-state index contributed by atoms with van der Waals surface area (Å²) >= 11 is 0. The van der Waals surface area contributed by atoms with E-state index in [-0.39, 0.29) is 17.7 Å². The van der Waals surface area contributed by atoms with Gasteiger partial charge in [0.05, 0.1) is 17.9 Å². The molecule has 1 fully saturated rings. The van der Waals surface area contributed by atoms with E-state index >= 15 is 0 Å². The molecule has 0 aliphatic carbocycles. The number of nitrogens with two attached hydrogens (primary N) is 2. The largest absolute Gasteiger partial charge is 0.370 e. The normalized spacial score (nSPS) is 17.3. The van der Waals surface area contributed by atoms with Crippen molar-refractivity contribution in [1.29, 1.82) is 0 Å². The summed E-state index contributed by atoms with van der Waals surface area (Å²) in [4.78, 5) is 29.0. The van der Waals surface area contributed by atoms with E-state index in [1.54, 1.807) is 19.2 Å². The number of anilines is 2. The molecule has 5 N–H and O–H groups in total. The van der Waals surface area contributed by atoms with Gasteiger partial charge in [-0.2, -0.15) is 0 Å². The molecular formula is C14H21N5O2. The molecule has 1 aromatic rings. The zero-order valence-electron chi connectivity index (χ0n) is 12.1. The van der Waals surface area contributed by atoms with Crippen molar-refractivity contribution in [2.45, 2.75) is 25.8 Å². The van der Waals surface area contributed by atoms with Crippen molar-refractivity contribution in [3.05, 3.63) is 18.3 Å². The lowest BCUT2D eigenvalue weighted by Crippen LogP contribution is -2.38. The van der Waals surface area contributed by atoms with Crippen LogP contribution in [0.15, 0.2) is 18.3 Å². The number of pyridine rings is 1. The molecule has 21 heavy (non-hydrogen) atoms. The monoisotopic (exact) mass is 291 g/mol. The molecule has 1 aromatic heterocycles. The number of rotatable bonds is 4. The number of nitrogens with one attached hydrogen (secondary N) is 1. The van der Waals surface area contributed by atoms with Crippen LogP contribution in [-0.2, 0) is 9.59 Å². The Bertz CT molecular complexity index is 507. The van der Waals surface area contributed by atoms with Crippen molar-refractivity contribution in [3.63, 3.8) is 0 Å². The van der Waals surface area contributed by atoms with Crippen LogP contribution in [0, 0.1) is 5.92 Å². The van der Waals surface area contributed by atoms with Gasteiger partial charge in [-0.05, 0) is 31.9 Å². The van der Waals surface area contributed by atoms with Crippen LogP contribution < -0.4 is 21.7 Å². The Hall–Kier alpha value is -2.15. The number of carbonyl (C=O) groups excluding carboxylic acids is 2. The number of aromatic nitrogens is 1. The molecule has 1 saturated heterocycles. The first-order chi connectivity index (χ1) is 9.97. The highest BCUT2D eigenvalue weighted by molar-refractivity contribution is 5.93. The first kappa shape index (κ1) is 15.2. The minimum Gasteiger partial charge on any atom is -0.370 e. The molecule has 1 aliphatic rings. The fourth-order valence-electron chi connectivity index (χ4n) is 2.31. The Morgan fingerprint density at radius 2 is 2.05 bits per heavy atom. The maximum Gasteiger partial charge on any atom is 0.242 e. The van der Waals surface area contributed by atoms with Gasteiger partial charge in [0.25, 0.3) is 0 Å². The number of primary amides is 1. The quantitative estimate of drug-likeness (QED) is 0.726. The van der Waals surface area contributed by atoms with Crippen LogP contribution in [0.4, 0.5) is 11.5 Å². The summed E-state index contributed by atoms with van der Waals surface area (Å²) in [6.45, 7) is 3.17. The average Bonchev–Trinajstić information content (AvgIpc) is 2.48. The van der Waals surface area contributed by atoms with Crippen LogP contribution in [0.25, 0.3) is 0 Å². The van der Waals surface area contributed by atoms with Gasteiger partial charge in [0.2, 0.25) is 11.8 Å². The molecule has 2 rings (SSSR count). The lowest BCUT2D eigenvalue weighted by atomic mass is 9.96. The number of nitrogens with zero attached hydrogens (tertiary/aromatic N) is 2. The van der Waals surface area contributed by atoms with Crippen molar-refractivity contribution in [3.8, 4) is 0 Å². The van der Waals surface area contributed by atoms with E-state index in [4.69, 9.17) is 11.5 Å². The molecule has 0 bridgehead atoms. The third-order valence-corrected chi connectivity index (χ3v) is 3.68. The second-order valence-electron chi connectivity index (χ2n) is 5.34. The maximum atomic E-state index is 11.5. The highest BCUT2D eigenvalue weighted by atomic mass is 16.2. The average molecular weight is 291 g/mol. The topological polar surface area (TPSA) is 114 Å². The summed E-state index contributed by atoms with van der Waals surface area (Å²) < 4.78 is 0. The van der Waals surface area contributed by atoms with Crippen LogP contribution in [0.3, 0.4) is 0 Å². The zero-order valence-corrected chi connectivity index (χ0v) is 12.1. The van der Waals surface area contributed by atoms with Crippen LogP contribution in [0.5, 0.6) is 0 Å². The van der Waals surface area contributed by atoms with Crippen molar-refractivity contribution in [2.24, 2.45) is 17.4 Å². The van der Waals surface area contributed by atoms with E-state index in [1.807, 2.05) is 6.07 Å². The molecule has 0 aromatic carbocycles. The molecule has 0 saturated carbocycles. The number of piperidine rings is 1. The Morgan fingerprint density at radius 1 is 1.38 bits per heavy atom. The predicted molar refractivity (Wildman–Crippen MR) is 80.6 cm³/mol. The summed E-state index contributed by atoms with van der Waals surface area (Å²) in [5.74, 6) is -0.0360. The van der Waals surface area contributed by atoms with Crippen molar-refractivity contribution >= 4 is 23.3 Å². The van der Waals surface area contributed by atoms with Gasteiger partial charge in [-0.15, -0.1) is 0 Å². The third-order valence-electron chi connectivity index (χ3n) is 3.68. The van der Waals surface area contributed by atoms with Crippen LogP contribution in [0.1, 0.15) is 19.8 Å². The van der Waals surface area contributed by atoms with E-state index in [9.17, 15) is 9.59 Å². The standard InChI is InChI=1S/C14H21N5O2/c1-9(15)14(21)18-12-3-2-11(8-17-12)19-6-4-10(5-7-19)13(16)20/h2-3,8-10H,4-7,15H2,1H3,(H2,16,20)(H,17,18,21). The Balaban J connectivity index is 1.94. The zero-order chi connectivity index (χ0) is 15.4. The molecule has 2 heterocycles. The Morgan fingerprint density at radius 3 is 2.52 bits per heavy atom. The van der Waals surface area contributed by atoms with E-state index in [0.717, 1.165) is 31.6 Å². The van der Waals surface area contributed by atoms with E-state index < -0.39 is 6.04 Å². The minimum absolute atomic E-state index is 0.0289. The van der Waals surface area contributed by atoms with Gasteiger partial charge in [0.15, 0.2) is 0 Å². The lowest BCUT2D eigenvalue weighted by Gasteiger charge is -2.32. The molecule has 1 atom stereocenters. The second kappa shape index (κ2) is 6.53. The molecule has 7 heteroatoms. The second-order valence-corrected chi connectivity index (χ2v) is 5.34. The Labute approximate surface area is 123 Å². The van der Waals surface area contributed by atoms with Crippen LogP contribution in [0.2, 0.25) is 0 Å². The SMILES string of the molecule is CC(N)C(=O)Nc1ccc(N2CCC(C(N)=O)CC2)cn1. The van der Waals surface area contributed by atoms with Gasteiger partial charge >= 0.3 is 0 Å². The van der Waals surface area contributed by atoms with Crippen molar-refractivity contribution in [2.75, 3.05) is 23.3 Å². The summed E-state index contributed by atoms with van der Waals surface area (Å²) in [6, 6.07) is 3.07. The van der Waals surface area contributed by atoms with Gasteiger partial charge in [0.1, 0.15) is 5.82 Å². The van der Waals surface area contributed by atoms with E-state index in [0.29, 0.717) is 5.82 Å². The summed E-state index contributed by atoms with van der Waals surface area (Å²) in [5, 5.41) is 2.64. The maximum absolute atomic E-state index is 11.5. The van der Waals surface area contributed by atoms with Crippen LogP contribution >= 0.6 is 0 Å². The number of hydrogen-bond acceptors (Lipinski definition) is 5. The molecule has 114 valence electrons. The minimum atomic E-state index is -0.570. The molecular weight excluding hydrogens is 270 g/mol. The van der Waals surface area contributed by atoms with Crippen molar-refractivity contribution in [1.82, 2.24) is 4.98 Å². The first-order valence-electron chi connectivity index (χ1n) is 7.04. The van der Waals surface area contributed by atoms with Gasteiger partial charge in [-0.3, -0.25) is 9.59 Å². The van der Waals surface area contributed by atoms with Crippen LogP contribution in [-0.4, -0.2) is 35.9 Å². The Kier molecular flexibility index (Phi) is 4.74. The summed E-state index contributed by atoms with van der Waals surface area (Å²) in [6.07, 6.45) is 3.23. The molecule has 2 amide bonds. The predicted octanol–water partition coefficient (Wildman–Crippen LogP) is 0.0690. The smallest absolute Gasteiger partial charge is 0.242 e. The fourth-order valence-corrected chi connectivity index (χ4v) is 2.31. The number of carbonyl (C=O) groups is 2. The summed E-state index contributed by atoms with van der Waals surface area (Å²) in [7, 11) is 0. The molecule has 0 spiro atoms. The van der Waals surface area contributed by atoms with Gasteiger partial charge in [-0.1, -0.05) is 0 Å². The van der Waals surface area contributed by atoms with Gasteiger partial charge in [-0.25, -0.2) is 4.98 Å². The van der Waals surface area contributed by atoms with E-state index in [1.165, 1.54) is 0 Å². The number of hydrogen-bond donors (Lipinski definition) is 3. The van der Waals surface area contributed by atoms with E-state index in [2.05, 4.69) is 15.2 Å².